The Morgan fingerprint density at radius 1 is 1.29 bits per heavy atom. The van der Waals surface area contributed by atoms with Crippen LogP contribution in [-0.4, -0.2) is 55.4 Å². The van der Waals surface area contributed by atoms with Gasteiger partial charge < -0.3 is 32.2 Å². The standard InChI is InChI=1S/C26H41N7OS/c1-17(2)24(19(4)28)25(31-10-9-30-5)33-11-12-34-23-8-7-20(14-22(23)16-33)21(15-27)13-18(3)32-26(29)35-6/h7-8,13-15,17,30H,9-12,16,27-28H2,1-6H3,(H2,29,32)/b18-13+,21-15+,24-19-,31-25?. The summed E-state index contributed by atoms with van der Waals surface area (Å²) in [4.78, 5) is 11.6. The number of allylic oxidation sites excluding steroid dienone is 4. The van der Waals surface area contributed by atoms with Crippen molar-refractivity contribution in [2.45, 2.75) is 34.2 Å². The van der Waals surface area contributed by atoms with Crippen molar-refractivity contribution in [3.63, 3.8) is 0 Å². The molecule has 0 fully saturated rings. The van der Waals surface area contributed by atoms with Crippen molar-refractivity contribution in [3.8, 4) is 5.75 Å². The van der Waals surface area contributed by atoms with Crippen LogP contribution in [0.4, 0.5) is 0 Å². The molecule has 1 aliphatic rings. The first-order valence-corrected chi connectivity index (χ1v) is 13.1. The van der Waals surface area contributed by atoms with Crippen LogP contribution in [0.25, 0.3) is 5.57 Å². The molecule has 35 heavy (non-hydrogen) atoms. The summed E-state index contributed by atoms with van der Waals surface area (Å²) in [7, 11) is 1.93. The molecule has 0 atom stereocenters. The van der Waals surface area contributed by atoms with E-state index in [2.05, 4.69) is 35.1 Å². The van der Waals surface area contributed by atoms with Crippen LogP contribution in [0.15, 0.2) is 57.4 Å². The minimum absolute atomic E-state index is 0.248. The van der Waals surface area contributed by atoms with Crippen LogP contribution < -0.4 is 27.3 Å². The van der Waals surface area contributed by atoms with Crippen molar-refractivity contribution in [3.05, 3.63) is 58.6 Å². The number of thioether (sulfide) groups is 1. The average Bonchev–Trinajstić information content (AvgIpc) is 3.03. The second-order valence-corrected chi connectivity index (χ2v) is 9.54. The van der Waals surface area contributed by atoms with E-state index in [-0.39, 0.29) is 5.92 Å². The highest BCUT2D eigenvalue weighted by molar-refractivity contribution is 8.13. The summed E-state index contributed by atoms with van der Waals surface area (Å²) in [5.41, 5.74) is 23.8. The number of nitrogens with two attached hydrogens (primary N) is 3. The molecule has 9 heteroatoms. The van der Waals surface area contributed by atoms with Crippen molar-refractivity contribution in [1.29, 1.82) is 0 Å². The minimum Gasteiger partial charge on any atom is -0.491 e. The van der Waals surface area contributed by atoms with Gasteiger partial charge in [0.1, 0.15) is 18.2 Å². The van der Waals surface area contributed by atoms with Crippen LogP contribution in [0, 0.1) is 5.92 Å². The molecule has 1 heterocycles. The van der Waals surface area contributed by atoms with Gasteiger partial charge in [-0.25, -0.2) is 4.99 Å². The van der Waals surface area contributed by atoms with Gasteiger partial charge in [-0.2, -0.15) is 0 Å². The Morgan fingerprint density at radius 3 is 2.63 bits per heavy atom. The summed E-state index contributed by atoms with van der Waals surface area (Å²) in [6, 6.07) is 6.15. The van der Waals surface area contributed by atoms with E-state index in [0.717, 1.165) is 51.8 Å². The second kappa shape index (κ2) is 13.8. The third-order valence-electron chi connectivity index (χ3n) is 5.58. The van der Waals surface area contributed by atoms with Crippen LogP contribution in [0.2, 0.25) is 0 Å². The fourth-order valence-electron chi connectivity index (χ4n) is 3.98. The van der Waals surface area contributed by atoms with E-state index in [1.807, 2.05) is 45.4 Å². The van der Waals surface area contributed by atoms with Gasteiger partial charge in [0, 0.05) is 41.8 Å². The number of nitrogens with one attached hydrogen (secondary N) is 1. The molecule has 0 amide bonds. The zero-order valence-corrected chi connectivity index (χ0v) is 22.7. The van der Waals surface area contributed by atoms with Crippen molar-refractivity contribution in [2.24, 2.45) is 33.1 Å². The first-order valence-electron chi connectivity index (χ1n) is 11.9. The largest absolute Gasteiger partial charge is 0.491 e. The van der Waals surface area contributed by atoms with Crippen molar-refractivity contribution in [1.82, 2.24) is 10.2 Å². The number of hydrogen-bond acceptors (Lipinski definition) is 7. The van der Waals surface area contributed by atoms with Gasteiger partial charge >= 0.3 is 0 Å². The molecule has 1 aliphatic heterocycles. The van der Waals surface area contributed by atoms with Gasteiger partial charge in [0.15, 0.2) is 5.17 Å². The van der Waals surface area contributed by atoms with Crippen molar-refractivity contribution < 1.29 is 4.74 Å². The summed E-state index contributed by atoms with van der Waals surface area (Å²) in [5.74, 6) is 2.05. The summed E-state index contributed by atoms with van der Waals surface area (Å²) >= 11 is 1.41. The Bertz CT molecular complexity index is 1020. The molecule has 0 saturated heterocycles. The van der Waals surface area contributed by atoms with Gasteiger partial charge in [0.2, 0.25) is 0 Å². The smallest absolute Gasteiger partial charge is 0.158 e. The molecule has 0 aromatic heterocycles. The van der Waals surface area contributed by atoms with E-state index >= 15 is 0 Å². The lowest BCUT2D eigenvalue weighted by Crippen LogP contribution is -2.36. The maximum Gasteiger partial charge on any atom is 0.158 e. The van der Waals surface area contributed by atoms with E-state index in [9.17, 15) is 0 Å². The van der Waals surface area contributed by atoms with Crippen LogP contribution in [0.5, 0.6) is 5.75 Å². The predicted octanol–water partition coefficient (Wildman–Crippen LogP) is 3.27. The third kappa shape index (κ3) is 8.07. The lowest BCUT2D eigenvalue weighted by molar-refractivity contribution is 0.289. The van der Waals surface area contributed by atoms with Gasteiger partial charge in [-0.15, -0.1) is 0 Å². The van der Waals surface area contributed by atoms with Gasteiger partial charge in [0.25, 0.3) is 0 Å². The maximum atomic E-state index is 6.33. The maximum absolute atomic E-state index is 6.33. The molecule has 0 saturated carbocycles. The molecule has 8 nitrogen and oxygen atoms in total. The predicted molar refractivity (Wildman–Crippen MR) is 151 cm³/mol. The first kappa shape index (κ1) is 28.3. The Hall–Kier alpha value is -2.91. The van der Waals surface area contributed by atoms with Gasteiger partial charge in [-0.3, -0.25) is 4.99 Å². The molecule has 0 unspecified atom stereocenters. The van der Waals surface area contributed by atoms with Crippen LogP contribution >= 0.6 is 11.8 Å². The molecule has 1 aromatic carbocycles. The summed E-state index contributed by atoms with van der Waals surface area (Å²) in [6.07, 6.45) is 5.42. The van der Waals surface area contributed by atoms with Crippen molar-refractivity contribution in [2.75, 3.05) is 39.5 Å². The number of amidine groups is 2. The summed E-state index contributed by atoms with van der Waals surface area (Å²) in [6.45, 7) is 11.6. The van der Waals surface area contributed by atoms with E-state index < -0.39 is 0 Å². The Balaban J connectivity index is 2.46. The Kier molecular flexibility index (Phi) is 11.2. The summed E-state index contributed by atoms with van der Waals surface area (Å²) in [5, 5.41) is 3.68. The molecule has 0 aliphatic carbocycles. The summed E-state index contributed by atoms with van der Waals surface area (Å²) < 4.78 is 6.11. The molecular formula is C26H41N7OS. The monoisotopic (exact) mass is 499 g/mol. The molecule has 7 N–H and O–H groups in total. The zero-order valence-electron chi connectivity index (χ0n) is 21.9. The van der Waals surface area contributed by atoms with Crippen LogP contribution in [0.1, 0.15) is 38.8 Å². The lowest BCUT2D eigenvalue weighted by Gasteiger charge is -2.28. The van der Waals surface area contributed by atoms with E-state index in [0.29, 0.717) is 31.4 Å². The molecular weight excluding hydrogens is 458 g/mol. The number of rotatable bonds is 8. The molecule has 192 valence electrons. The topological polar surface area (TPSA) is 127 Å². The number of likely N-dealkylation sites (N-methyl/N-ethyl adjacent to an activating group) is 1. The first-order chi connectivity index (χ1) is 16.7. The minimum atomic E-state index is 0.248. The van der Waals surface area contributed by atoms with E-state index in [1.54, 1.807) is 6.20 Å². The molecule has 0 bridgehead atoms. The van der Waals surface area contributed by atoms with E-state index in [1.165, 1.54) is 11.8 Å². The average molecular weight is 500 g/mol. The molecule has 2 rings (SSSR count). The van der Waals surface area contributed by atoms with Gasteiger partial charge in [-0.1, -0.05) is 31.7 Å². The Labute approximate surface area is 214 Å². The zero-order chi connectivity index (χ0) is 26.0. The second-order valence-electron chi connectivity index (χ2n) is 8.71. The molecule has 0 radical (unpaired) electrons. The number of ether oxygens (including phenoxy) is 1. The highest BCUT2D eigenvalue weighted by Gasteiger charge is 2.24. The number of nitrogens with zero attached hydrogens (tertiary/aromatic N) is 3. The van der Waals surface area contributed by atoms with Crippen LogP contribution in [-0.2, 0) is 6.54 Å². The fraction of sp³-hybridized carbons (Fsp3) is 0.462. The number of benzene rings is 1. The highest BCUT2D eigenvalue weighted by atomic mass is 32.2. The molecule has 0 spiro atoms. The highest BCUT2D eigenvalue weighted by Crippen LogP contribution is 2.30. The van der Waals surface area contributed by atoms with Crippen molar-refractivity contribution >= 4 is 28.3 Å². The third-order valence-corrected chi connectivity index (χ3v) is 6.09. The van der Waals surface area contributed by atoms with Gasteiger partial charge in [-0.05, 0) is 62.4 Å². The van der Waals surface area contributed by atoms with E-state index in [4.69, 9.17) is 26.9 Å². The molecule has 1 aromatic rings. The fourth-order valence-corrected chi connectivity index (χ4v) is 4.21. The Morgan fingerprint density at radius 2 is 2.03 bits per heavy atom. The number of fused-ring (bicyclic) bond motifs is 1. The number of hydrogen-bond donors (Lipinski definition) is 4. The lowest BCUT2D eigenvalue weighted by atomic mass is 9.98. The normalized spacial score (nSPS) is 16.6. The SMILES string of the molecule is CNCCN=C(/C(=C(/C)N)C(C)C)N1CCOc2ccc(C(/C=C(\C)N=C(N)SC)=C/N)cc2C1. The van der Waals surface area contributed by atoms with Crippen LogP contribution in [0.3, 0.4) is 0 Å². The quantitative estimate of drug-likeness (QED) is 0.187. The number of aliphatic imine (C=N–C) groups is 2. The van der Waals surface area contributed by atoms with Gasteiger partial charge in [0.05, 0.1) is 13.1 Å².